The number of hydroxylamine groups is 6. The van der Waals surface area contributed by atoms with Crippen molar-refractivity contribution in [1.29, 1.82) is 0 Å². The van der Waals surface area contributed by atoms with Crippen LogP contribution in [0.2, 0.25) is 0 Å². The highest BCUT2D eigenvalue weighted by atomic mass is 16.6. The summed E-state index contributed by atoms with van der Waals surface area (Å²) in [5, 5.41) is 26.0. The van der Waals surface area contributed by atoms with E-state index in [0.29, 0.717) is 39.3 Å². The highest BCUT2D eigenvalue weighted by Gasteiger charge is 2.23. The number of unbranched alkanes of at least 4 members (excludes halogenated alkanes) is 4. The molecule has 0 aliphatic carbocycles. The van der Waals surface area contributed by atoms with Gasteiger partial charge in [-0.1, -0.05) is 53.4 Å². The molecule has 0 aromatic rings. The quantitative estimate of drug-likeness (QED) is 0.321. The first-order valence-electron chi connectivity index (χ1n) is 9.59. The second-order valence-corrected chi connectivity index (χ2v) is 6.87. The zero-order valence-corrected chi connectivity index (χ0v) is 15.6. The van der Waals surface area contributed by atoms with Crippen molar-refractivity contribution in [2.45, 2.75) is 79.1 Å². The summed E-state index contributed by atoms with van der Waals surface area (Å²) >= 11 is 0. The molecule has 0 aromatic carbocycles. The zero-order chi connectivity index (χ0) is 16.9. The normalized spacial score (nSPS) is 12.8. The Morgan fingerprint density at radius 3 is 0.864 bits per heavy atom. The number of hydrogen-bond donors (Lipinski definition) is 0. The van der Waals surface area contributed by atoms with Crippen LogP contribution in [-0.2, 0) is 0 Å². The molecule has 4 nitrogen and oxygen atoms in total. The van der Waals surface area contributed by atoms with Gasteiger partial charge < -0.3 is 19.7 Å². The summed E-state index contributed by atoms with van der Waals surface area (Å²) in [6, 6.07) is 0. The van der Waals surface area contributed by atoms with E-state index in [4.69, 9.17) is 0 Å². The van der Waals surface area contributed by atoms with Crippen LogP contribution in [0.3, 0.4) is 0 Å². The topological polar surface area (TPSA) is 46.1 Å². The van der Waals surface area contributed by atoms with Crippen LogP contribution in [0, 0.1) is 10.4 Å². The zero-order valence-electron chi connectivity index (χ0n) is 15.6. The molecule has 0 aliphatic rings. The van der Waals surface area contributed by atoms with E-state index in [-0.39, 0.29) is 9.29 Å². The minimum atomic E-state index is -0.151. The van der Waals surface area contributed by atoms with Crippen LogP contribution < -0.4 is 0 Å². The number of nitrogens with zero attached hydrogens (tertiary/aromatic N) is 2. The van der Waals surface area contributed by atoms with E-state index in [1.807, 2.05) is 0 Å². The third-order valence-electron chi connectivity index (χ3n) is 4.59. The van der Waals surface area contributed by atoms with Crippen molar-refractivity contribution in [3.05, 3.63) is 10.4 Å². The monoisotopic (exact) mass is 316 g/mol. The first-order chi connectivity index (χ1) is 10.4. The Labute approximate surface area is 138 Å². The van der Waals surface area contributed by atoms with Crippen LogP contribution in [0.15, 0.2) is 0 Å². The van der Waals surface area contributed by atoms with E-state index in [9.17, 15) is 10.4 Å². The van der Waals surface area contributed by atoms with Crippen LogP contribution in [0.25, 0.3) is 0 Å². The highest BCUT2D eigenvalue weighted by molar-refractivity contribution is 4.51. The van der Waals surface area contributed by atoms with Crippen LogP contribution in [0.1, 0.15) is 79.1 Å². The fourth-order valence-corrected chi connectivity index (χ4v) is 2.82. The SMILES string of the molecule is CCCC[N+]([O-])(CCCC)CC[N+]([O-])(CCCC)CCCC. The molecule has 0 spiro atoms. The Hall–Kier alpha value is -0.160. The molecule has 0 N–H and O–H groups in total. The van der Waals surface area contributed by atoms with Crippen LogP contribution in [0.4, 0.5) is 0 Å². The number of rotatable bonds is 15. The third-order valence-corrected chi connectivity index (χ3v) is 4.59. The highest BCUT2D eigenvalue weighted by Crippen LogP contribution is 2.15. The minimum absolute atomic E-state index is 0.151. The van der Waals surface area contributed by atoms with Crippen LogP contribution in [-0.4, -0.2) is 48.6 Å². The molecule has 0 saturated carbocycles. The molecular weight excluding hydrogens is 276 g/mol. The second kappa shape index (κ2) is 12.3. The van der Waals surface area contributed by atoms with Gasteiger partial charge in [0.1, 0.15) is 13.1 Å². The minimum Gasteiger partial charge on any atom is -0.633 e. The molecule has 134 valence electrons. The fourth-order valence-electron chi connectivity index (χ4n) is 2.82. The molecule has 0 rings (SSSR count). The Morgan fingerprint density at radius 1 is 0.455 bits per heavy atom. The van der Waals surface area contributed by atoms with Crippen molar-refractivity contribution >= 4 is 0 Å². The maximum Gasteiger partial charge on any atom is 0.128 e. The largest absolute Gasteiger partial charge is 0.633 e. The van der Waals surface area contributed by atoms with Crippen molar-refractivity contribution in [2.24, 2.45) is 0 Å². The molecule has 0 bridgehead atoms. The van der Waals surface area contributed by atoms with Gasteiger partial charge in [-0.3, -0.25) is 0 Å². The molecule has 0 aromatic heterocycles. The lowest BCUT2D eigenvalue weighted by molar-refractivity contribution is -0.936. The summed E-state index contributed by atoms with van der Waals surface area (Å²) in [5.74, 6) is 0. The van der Waals surface area contributed by atoms with Gasteiger partial charge in [-0.2, -0.15) is 0 Å². The first-order valence-corrected chi connectivity index (χ1v) is 9.59. The van der Waals surface area contributed by atoms with Gasteiger partial charge in [0.2, 0.25) is 0 Å². The summed E-state index contributed by atoms with van der Waals surface area (Å²) in [5.41, 5.74) is 0. The Morgan fingerprint density at radius 2 is 0.682 bits per heavy atom. The summed E-state index contributed by atoms with van der Waals surface area (Å²) in [6.45, 7) is 12.2. The lowest BCUT2D eigenvalue weighted by Gasteiger charge is -2.48. The van der Waals surface area contributed by atoms with Gasteiger partial charge in [0.05, 0.1) is 26.2 Å². The lowest BCUT2D eigenvalue weighted by Crippen LogP contribution is -2.54. The van der Waals surface area contributed by atoms with Crippen molar-refractivity contribution in [1.82, 2.24) is 0 Å². The van der Waals surface area contributed by atoms with Crippen molar-refractivity contribution in [2.75, 3.05) is 39.3 Å². The van der Waals surface area contributed by atoms with Gasteiger partial charge in [0, 0.05) is 0 Å². The number of hydrogen-bond acceptors (Lipinski definition) is 2. The van der Waals surface area contributed by atoms with E-state index in [0.717, 1.165) is 51.4 Å². The molecule has 22 heavy (non-hydrogen) atoms. The summed E-state index contributed by atoms with van der Waals surface area (Å²) < 4.78 is -0.301. The van der Waals surface area contributed by atoms with Crippen molar-refractivity contribution in [3.8, 4) is 0 Å². The molecule has 0 radical (unpaired) electrons. The van der Waals surface area contributed by atoms with E-state index < -0.39 is 0 Å². The molecule has 4 heteroatoms. The summed E-state index contributed by atoms with van der Waals surface area (Å²) in [7, 11) is 0. The maximum atomic E-state index is 13.0. The number of quaternary nitrogens is 2. The Bertz CT molecular complexity index is 217. The Kier molecular flexibility index (Phi) is 12.2. The second-order valence-electron chi connectivity index (χ2n) is 6.87. The average molecular weight is 317 g/mol. The van der Waals surface area contributed by atoms with E-state index >= 15 is 0 Å². The predicted octanol–water partition coefficient (Wildman–Crippen LogP) is 4.82. The fraction of sp³-hybridized carbons (Fsp3) is 1.00. The van der Waals surface area contributed by atoms with Crippen molar-refractivity contribution < 1.29 is 9.29 Å². The first kappa shape index (κ1) is 21.8. The summed E-state index contributed by atoms with van der Waals surface area (Å²) in [6.07, 6.45) is 8.08. The molecule has 0 amide bonds. The van der Waals surface area contributed by atoms with Gasteiger partial charge >= 0.3 is 0 Å². The molecule has 0 fully saturated rings. The van der Waals surface area contributed by atoms with Gasteiger partial charge in [0.25, 0.3) is 0 Å². The molecule has 0 atom stereocenters. The van der Waals surface area contributed by atoms with Gasteiger partial charge in [-0.25, -0.2) is 0 Å². The van der Waals surface area contributed by atoms with Crippen LogP contribution in [0.5, 0.6) is 0 Å². The average Bonchev–Trinajstić information content (AvgIpc) is 2.53. The third kappa shape index (κ3) is 9.78. The lowest BCUT2D eigenvalue weighted by atomic mass is 10.2. The van der Waals surface area contributed by atoms with E-state index in [2.05, 4.69) is 27.7 Å². The molecule has 0 aliphatic heterocycles. The Balaban J connectivity index is 4.62. The van der Waals surface area contributed by atoms with E-state index in [1.54, 1.807) is 0 Å². The van der Waals surface area contributed by atoms with Gasteiger partial charge in [-0.05, 0) is 25.7 Å². The smallest absolute Gasteiger partial charge is 0.128 e. The molecule has 0 heterocycles. The van der Waals surface area contributed by atoms with Gasteiger partial charge in [-0.15, -0.1) is 0 Å². The van der Waals surface area contributed by atoms with E-state index in [1.165, 1.54) is 0 Å². The predicted molar refractivity (Wildman–Crippen MR) is 96.1 cm³/mol. The molecule has 0 saturated heterocycles. The van der Waals surface area contributed by atoms with Gasteiger partial charge in [0.15, 0.2) is 0 Å². The summed E-state index contributed by atoms with van der Waals surface area (Å²) in [4.78, 5) is 0. The molecular formula is C18H40N2O2. The standard InChI is InChI=1S/C18H40N2O2/c1-5-9-13-19(21,14-10-6-2)17-18-20(22,15-11-7-3)16-12-8-4/h5-18H2,1-4H3. The van der Waals surface area contributed by atoms with Crippen molar-refractivity contribution in [3.63, 3.8) is 0 Å². The molecule has 0 unspecified atom stereocenters. The van der Waals surface area contributed by atoms with Crippen LogP contribution >= 0.6 is 0 Å². The maximum absolute atomic E-state index is 13.0.